The second kappa shape index (κ2) is 10.0. The van der Waals surface area contributed by atoms with Crippen molar-refractivity contribution >= 4 is 29.3 Å². The third kappa shape index (κ3) is 5.04. The van der Waals surface area contributed by atoms with Gasteiger partial charge in [0.25, 0.3) is 0 Å². The normalized spacial score (nSPS) is 10.6. The summed E-state index contributed by atoms with van der Waals surface area (Å²) in [4.78, 5) is 24.1. The first kappa shape index (κ1) is 22.1. The Hall–Kier alpha value is -4.11. The third-order valence-electron chi connectivity index (χ3n) is 4.71. The molecule has 9 heteroatoms. The van der Waals surface area contributed by atoms with Crippen LogP contribution in [0.3, 0.4) is 0 Å². The van der Waals surface area contributed by atoms with Gasteiger partial charge in [0.1, 0.15) is 5.75 Å². The minimum Gasteiger partial charge on any atom is -0.507 e. The second-order valence-corrected chi connectivity index (χ2v) is 7.84. The van der Waals surface area contributed by atoms with Crippen LogP contribution in [0.4, 0.5) is 5.69 Å². The molecule has 1 aromatic heterocycles. The van der Waals surface area contributed by atoms with E-state index in [2.05, 4.69) is 20.3 Å². The Kier molecular flexibility index (Phi) is 6.70. The highest BCUT2D eigenvalue weighted by atomic mass is 32.2. The van der Waals surface area contributed by atoms with E-state index < -0.39 is 5.97 Å². The molecule has 0 saturated carbocycles. The maximum Gasteiger partial charge on any atom is 0.337 e. The van der Waals surface area contributed by atoms with Crippen LogP contribution in [0.1, 0.15) is 10.4 Å². The molecule has 3 aromatic carbocycles. The average Bonchev–Trinajstić information content (AvgIpc) is 3.27. The summed E-state index contributed by atoms with van der Waals surface area (Å²) >= 11 is 1.22. The van der Waals surface area contributed by atoms with Crippen LogP contribution >= 0.6 is 11.8 Å². The largest absolute Gasteiger partial charge is 0.507 e. The van der Waals surface area contributed by atoms with Crippen molar-refractivity contribution in [2.24, 2.45) is 0 Å². The molecule has 0 aliphatic heterocycles. The molecule has 0 spiro atoms. The number of aromatic hydroxyl groups is 1. The molecule has 0 saturated heterocycles. The SMILES string of the molecule is COC(=O)c1ccc(NC(=O)CSc2nnc(-c3ccccc3O)n2-c2ccccc2)cc1. The number of esters is 1. The Morgan fingerprint density at radius 2 is 1.67 bits per heavy atom. The quantitative estimate of drug-likeness (QED) is 0.315. The predicted molar refractivity (Wildman–Crippen MR) is 126 cm³/mol. The first-order valence-electron chi connectivity index (χ1n) is 9.97. The summed E-state index contributed by atoms with van der Waals surface area (Å²) < 4.78 is 6.48. The van der Waals surface area contributed by atoms with Gasteiger partial charge in [0.05, 0.1) is 24.0 Å². The number of phenols is 1. The van der Waals surface area contributed by atoms with E-state index in [9.17, 15) is 14.7 Å². The molecule has 2 N–H and O–H groups in total. The number of hydrogen-bond acceptors (Lipinski definition) is 7. The van der Waals surface area contributed by atoms with Gasteiger partial charge in [0.2, 0.25) is 5.91 Å². The maximum atomic E-state index is 12.5. The summed E-state index contributed by atoms with van der Waals surface area (Å²) in [5.74, 6) is -0.0290. The number of nitrogens with one attached hydrogen (secondary N) is 1. The summed E-state index contributed by atoms with van der Waals surface area (Å²) in [6, 6.07) is 22.8. The molecule has 0 aliphatic rings. The number of thioether (sulfide) groups is 1. The van der Waals surface area contributed by atoms with Gasteiger partial charge in [-0.1, -0.05) is 42.1 Å². The number of benzene rings is 3. The summed E-state index contributed by atoms with van der Waals surface area (Å²) in [7, 11) is 1.31. The minimum absolute atomic E-state index is 0.0878. The van der Waals surface area contributed by atoms with E-state index in [-0.39, 0.29) is 17.4 Å². The lowest BCUT2D eigenvalue weighted by molar-refractivity contribution is -0.113. The van der Waals surface area contributed by atoms with Gasteiger partial charge in [0.15, 0.2) is 11.0 Å². The van der Waals surface area contributed by atoms with Gasteiger partial charge in [-0.15, -0.1) is 10.2 Å². The van der Waals surface area contributed by atoms with Crippen molar-refractivity contribution in [3.05, 3.63) is 84.4 Å². The van der Waals surface area contributed by atoms with E-state index in [0.29, 0.717) is 27.8 Å². The van der Waals surface area contributed by atoms with Crippen LogP contribution in [0.15, 0.2) is 84.0 Å². The van der Waals surface area contributed by atoms with Crippen molar-refractivity contribution in [1.82, 2.24) is 14.8 Å². The number of anilines is 1. The fourth-order valence-electron chi connectivity index (χ4n) is 3.15. The summed E-state index contributed by atoms with van der Waals surface area (Å²) in [6.07, 6.45) is 0. The molecular weight excluding hydrogens is 440 g/mol. The number of ether oxygens (including phenoxy) is 1. The molecule has 1 heterocycles. The van der Waals surface area contributed by atoms with Gasteiger partial charge in [0, 0.05) is 11.4 Å². The van der Waals surface area contributed by atoms with E-state index in [1.165, 1.54) is 18.9 Å². The molecule has 8 nitrogen and oxygen atoms in total. The first-order chi connectivity index (χ1) is 16.1. The third-order valence-corrected chi connectivity index (χ3v) is 5.64. The number of carbonyl (C=O) groups is 2. The lowest BCUT2D eigenvalue weighted by Gasteiger charge is -2.11. The van der Waals surface area contributed by atoms with Crippen LogP contribution in [-0.4, -0.2) is 44.6 Å². The second-order valence-electron chi connectivity index (χ2n) is 6.90. The fraction of sp³-hybridized carbons (Fsp3) is 0.0833. The van der Waals surface area contributed by atoms with Gasteiger partial charge in [-0.25, -0.2) is 4.79 Å². The lowest BCUT2D eigenvalue weighted by Crippen LogP contribution is -2.14. The molecule has 0 atom stereocenters. The van der Waals surface area contributed by atoms with E-state index in [4.69, 9.17) is 0 Å². The monoisotopic (exact) mass is 460 g/mol. The van der Waals surface area contributed by atoms with Crippen molar-refractivity contribution in [3.8, 4) is 22.8 Å². The topological polar surface area (TPSA) is 106 Å². The van der Waals surface area contributed by atoms with Crippen LogP contribution in [0, 0.1) is 0 Å². The van der Waals surface area contributed by atoms with Gasteiger partial charge in [-0.05, 0) is 48.5 Å². The Balaban J connectivity index is 1.53. The average molecular weight is 461 g/mol. The number of carbonyl (C=O) groups excluding carboxylic acids is 2. The van der Waals surface area contributed by atoms with E-state index in [0.717, 1.165) is 5.69 Å². The Bertz CT molecular complexity index is 1270. The van der Waals surface area contributed by atoms with Crippen molar-refractivity contribution < 1.29 is 19.4 Å². The van der Waals surface area contributed by atoms with Crippen molar-refractivity contribution in [3.63, 3.8) is 0 Å². The summed E-state index contributed by atoms with van der Waals surface area (Å²) in [5, 5.41) is 22.2. The number of aromatic nitrogens is 3. The molecule has 33 heavy (non-hydrogen) atoms. The Morgan fingerprint density at radius 1 is 0.970 bits per heavy atom. The number of methoxy groups -OCH3 is 1. The molecule has 4 aromatic rings. The molecule has 0 fully saturated rings. The maximum absolute atomic E-state index is 12.5. The molecule has 1 amide bonds. The van der Waals surface area contributed by atoms with Gasteiger partial charge in [-0.2, -0.15) is 0 Å². The zero-order valence-electron chi connectivity index (χ0n) is 17.6. The fourth-order valence-corrected chi connectivity index (χ4v) is 3.90. The summed E-state index contributed by atoms with van der Waals surface area (Å²) in [5.41, 5.74) is 2.31. The molecule has 0 radical (unpaired) electrons. The highest BCUT2D eigenvalue weighted by Gasteiger charge is 2.19. The smallest absolute Gasteiger partial charge is 0.337 e. The number of nitrogens with zero attached hydrogens (tertiary/aromatic N) is 3. The van der Waals surface area contributed by atoms with Crippen LogP contribution in [0.25, 0.3) is 17.1 Å². The zero-order valence-corrected chi connectivity index (χ0v) is 18.5. The van der Waals surface area contributed by atoms with Crippen molar-refractivity contribution in [2.45, 2.75) is 5.16 Å². The van der Waals surface area contributed by atoms with E-state index in [1.54, 1.807) is 47.0 Å². The van der Waals surface area contributed by atoms with Crippen molar-refractivity contribution in [2.75, 3.05) is 18.2 Å². The van der Waals surface area contributed by atoms with Crippen molar-refractivity contribution in [1.29, 1.82) is 0 Å². The Morgan fingerprint density at radius 3 is 2.36 bits per heavy atom. The van der Waals surface area contributed by atoms with E-state index in [1.807, 2.05) is 36.4 Å². The van der Waals surface area contributed by atoms with Gasteiger partial charge in [-0.3, -0.25) is 9.36 Å². The van der Waals surface area contributed by atoms with Crippen LogP contribution in [0.5, 0.6) is 5.75 Å². The molecule has 166 valence electrons. The number of hydrogen-bond donors (Lipinski definition) is 2. The number of amides is 1. The van der Waals surface area contributed by atoms with E-state index >= 15 is 0 Å². The zero-order chi connectivity index (χ0) is 23.2. The van der Waals surface area contributed by atoms with Gasteiger partial charge >= 0.3 is 5.97 Å². The molecular formula is C24H20N4O4S. The summed E-state index contributed by atoms with van der Waals surface area (Å²) in [6.45, 7) is 0. The number of phenolic OH excluding ortho intramolecular Hbond substituents is 1. The molecule has 0 bridgehead atoms. The van der Waals surface area contributed by atoms with Crippen LogP contribution in [-0.2, 0) is 9.53 Å². The first-order valence-corrected chi connectivity index (χ1v) is 11.0. The molecule has 0 aliphatic carbocycles. The number of para-hydroxylation sites is 2. The van der Waals surface area contributed by atoms with Crippen LogP contribution < -0.4 is 5.32 Å². The highest BCUT2D eigenvalue weighted by Crippen LogP contribution is 2.32. The number of rotatable bonds is 7. The molecule has 0 unspecified atom stereocenters. The highest BCUT2D eigenvalue weighted by molar-refractivity contribution is 7.99. The predicted octanol–water partition coefficient (Wildman–Crippen LogP) is 4.16. The van der Waals surface area contributed by atoms with Gasteiger partial charge < -0.3 is 15.2 Å². The lowest BCUT2D eigenvalue weighted by atomic mass is 10.2. The minimum atomic E-state index is -0.441. The Labute approximate surface area is 194 Å². The standard InChI is InChI=1S/C24H20N4O4S/c1-32-23(31)16-11-13-17(14-12-16)25-21(30)15-33-24-27-26-22(19-9-5-6-10-20(19)29)28(24)18-7-3-2-4-8-18/h2-14,29H,15H2,1H3,(H,25,30). The molecule has 4 rings (SSSR count). The van der Waals surface area contributed by atoms with Crippen LogP contribution in [0.2, 0.25) is 0 Å².